The number of fused-ring (bicyclic) bond motifs is 1. The molecule has 1 amide bonds. The summed E-state index contributed by atoms with van der Waals surface area (Å²) in [5, 5.41) is 9.59. The molecule has 0 radical (unpaired) electrons. The molecular formula is C20H18N4O2S. The molecule has 6 nitrogen and oxygen atoms in total. The highest BCUT2D eigenvalue weighted by atomic mass is 32.2. The van der Waals surface area contributed by atoms with Gasteiger partial charge in [-0.15, -0.1) is 10.2 Å². The highest BCUT2D eigenvalue weighted by Crippen LogP contribution is 2.26. The number of amides is 1. The van der Waals surface area contributed by atoms with Crippen molar-refractivity contribution in [2.24, 2.45) is 0 Å². The second kappa shape index (κ2) is 7.67. The Kier molecular flexibility index (Phi) is 4.93. The SMILES string of the molecule is CCN(C(=O)CSc1nnc(-c2cc3ccccc3[nH]2)o1)c1ccccc1. The quantitative estimate of drug-likeness (QED) is 0.505. The number of thioether (sulfide) groups is 1. The van der Waals surface area contributed by atoms with Crippen LogP contribution in [0.3, 0.4) is 0 Å². The van der Waals surface area contributed by atoms with Crippen LogP contribution in [0.25, 0.3) is 22.5 Å². The van der Waals surface area contributed by atoms with Crippen molar-refractivity contribution in [1.82, 2.24) is 15.2 Å². The first-order valence-corrected chi connectivity index (χ1v) is 9.63. The zero-order valence-corrected chi connectivity index (χ0v) is 15.6. The summed E-state index contributed by atoms with van der Waals surface area (Å²) in [6.07, 6.45) is 0. The predicted octanol–water partition coefficient (Wildman–Crippen LogP) is 4.36. The van der Waals surface area contributed by atoms with E-state index in [0.29, 0.717) is 17.7 Å². The molecule has 0 spiro atoms. The molecule has 0 saturated carbocycles. The predicted molar refractivity (Wildman–Crippen MR) is 107 cm³/mol. The Hall–Kier alpha value is -3.06. The maximum atomic E-state index is 12.6. The summed E-state index contributed by atoms with van der Waals surface area (Å²) in [5.74, 6) is 0.646. The van der Waals surface area contributed by atoms with Gasteiger partial charge in [0.25, 0.3) is 11.1 Å². The fourth-order valence-electron chi connectivity index (χ4n) is 2.88. The molecule has 0 bridgehead atoms. The molecular weight excluding hydrogens is 360 g/mol. The third-order valence-electron chi connectivity index (χ3n) is 4.17. The number of nitrogens with one attached hydrogen (secondary N) is 1. The van der Waals surface area contributed by atoms with Gasteiger partial charge in [0.05, 0.1) is 5.75 Å². The lowest BCUT2D eigenvalue weighted by Crippen LogP contribution is -2.32. The first-order chi connectivity index (χ1) is 13.2. The summed E-state index contributed by atoms with van der Waals surface area (Å²) in [6, 6.07) is 19.5. The summed E-state index contributed by atoms with van der Waals surface area (Å²) >= 11 is 1.24. The van der Waals surface area contributed by atoms with Crippen LogP contribution in [0.5, 0.6) is 0 Å². The number of anilines is 1. The fraction of sp³-hybridized carbons (Fsp3) is 0.150. The summed E-state index contributed by atoms with van der Waals surface area (Å²) in [5.41, 5.74) is 2.66. The Morgan fingerprint density at radius 1 is 1.11 bits per heavy atom. The molecule has 7 heteroatoms. The van der Waals surface area contributed by atoms with Gasteiger partial charge in [-0.25, -0.2) is 0 Å². The van der Waals surface area contributed by atoms with Gasteiger partial charge in [0.15, 0.2) is 0 Å². The number of carbonyl (C=O) groups is 1. The molecule has 0 unspecified atom stereocenters. The van der Waals surface area contributed by atoms with Gasteiger partial charge >= 0.3 is 0 Å². The minimum absolute atomic E-state index is 0.000868. The van der Waals surface area contributed by atoms with Crippen LogP contribution in [0.4, 0.5) is 5.69 Å². The second-order valence-electron chi connectivity index (χ2n) is 5.91. The van der Waals surface area contributed by atoms with E-state index in [4.69, 9.17) is 4.42 Å². The number of nitrogens with zero attached hydrogens (tertiary/aromatic N) is 3. The Morgan fingerprint density at radius 2 is 1.89 bits per heavy atom. The van der Waals surface area contributed by atoms with E-state index in [1.807, 2.05) is 67.6 Å². The molecule has 0 fully saturated rings. The fourth-order valence-corrected chi connectivity index (χ4v) is 3.52. The average molecular weight is 378 g/mol. The average Bonchev–Trinajstić information content (AvgIpc) is 3.34. The number of H-pyrrole nitrogens is 1. The summed E-state index contributed by atoms with van der Waals surface area (Å²) in [4.78, 5) is 17.5. The van der Waals surface area contributed by atoms with Gasteiger partial charge in [-0.2, -0.15) is 0 Å². The Balaban J connectivity index is 1.44. The van der Waals surface area contributed by atoms with E-state index in [-0.39, 0.29) is 11.7 Å². The molecule has 2 aromatic carbocycles. The topological polar surface area (TPSA) is 75.0 Å². The standard InChI is InChI=1S/C20H18N4O2S/c1-2-24(15-9-4-3-5-10-15)18(25)13-27-20-23-22-19(26-20)17-12-14-8-6-7-11-16(14)21-17/h3-12,21H,2,13H2,1H3. The third-order valence-corrected chi connectivity index (χ3v) is 4.97. The molecule has 27 heavy (non-hydrogen) atoms. The molecule has 4 rings (SSSR count). The van der Waals surface area contributed by atoms with Crippen molar-refractivity contribution in [3.05, 3.63) is 60.7 Å². The van der Waals surface area contributed by atoms with Crippen LogP contribution in [0.2, 0.25) is 0 Å². The van der Waals surface area contributed by atoms with Crippen molar-refractivity contribution in [1.29, 1.82) is 0 Å². The van der Waals surface area contributed by atoms with Crippen LogP contribution in [0.1, 0.15) is 6.92 Å². The Morgan fingerprint density at radius 3 is 2.67 bits per heavy atom. The van der Waals surface area contributed by atoms with Gasteiger partial charge in [0, 0.05) is 23.1 Å². The van der Waals surface area contributed by atoms with Crippen LogP contribution in [0.15, 0.2) is 70.3 Å². The molecule has 0 aliphatic rings. The lowest BCUT2D eigenvalue weighted by atomic mass is 10.2. The van der Waals surface area contributed by atoms with Crippen LogP contribution < -0.4 is 4.90 Å². The number of aromatic nitrogens is 3. The monoisotopic (exact) mass is 378 g/mol. The van der Waals surface area contributed by atoms with Crippen molar-refractivity contribution in [3.8, 4) is 11.6 Å². The number of aromatic amines is 1. The zero-order chi connectivity index (χ0) is 18.6. The normalized spacial score (nSPS) is 11.0. The zero-order valence-electron chi connectivity index (χ0n) is 14.8. The first-order valence-electron chi connectivity index (χ1n) is 8.64. The lowest BCUT2D eigenvalue weighted by Gasteiger charge is -2.20. The molecule has 4 aromatic rings. The van der Waals surface area contributed by atoms with Crippen molar-refractivity contribution in [3.63, 3.8) is 0 Å². The van der Waals surface area contributed by atoms with E-state index in [2.05, 4.69) is 15.2 Å². The molecule has 2 heterocycles. The van der Waals surface area contributed by atoms with E-state index in [9.17, 15) is 4.79 Å². The van der Waals surface area contributed by atoms with Gasteiger partial charge in [0.1, 0.15) is 5.69 Å². The van der Waals surface area contributed by atoms with Gasteiger partial charge in [-0.05, 0) is 31.2 Å². The molecule has 0 aliphatic heterocycles. The Bertz CT molecular complexity index is 1020. The number of hydrogen-bond acceptors (Lipinski definition) is 5. The van der Waals surface area contributed by atoms with Gasteiger partial charge < -0.3 is 14.3 Å². The minimum Gasteiger partial charge on any atom is -0.410 e. The highest BCUT2D eigenvalue weighted by molar-refractivity contribution is 7.99. The maximum absolute atomic E-state index is 12.6. The summed E-state index contributed by atoms with van der Waals surface area (Å²) in [6.45, 7) is 2.56. The first kappa shape index (κ1) is 17.4. The molecule has 2 aromatic heterocycles. The van der Waals surface area contributed by atoms with E-state index < -0.39 is 0 Å². The van der Waals surface area contributed by atoms with Crippen LogP contribution >= 0.6 is 11.8 Å². The largest absolute Gasteiger partial charge is 0.410 e. The van der Waals surface area contributed by atoms with Crippen LogP contribution in [-0.2, 0) is 4.79 Å². The van der Waals surface area contributed by atoms with Crippen molar-refractivity contribution < 1.29 is 9.21 Å². The summed E-state index contributed by atoms with van der Waals surface area (Å²) in [7, 11) is 0. The van der Waals surface area contributed by atoms with Crippen LogP contribution in [-0.4, -0.2) is 33.4 Å². The maximum Gasteiger partial charge on any atom is 0.277 e. The highest BCUT2D eigenvalue weighted by Gasteiger charge is 2.17. The number of para-hydroxylation sites is 2. The molecule has 0 aliphatic carbocycles. The van der Waals surface area contributed by atoms with Crippen molar-refractivity contribution >= 4 is 34.3 Å². The summed E-state index contributed by atoms with van der Waals surface area (Å²) < 4.78 is 5.71. The number of carbonyl (C=O) groups excluding carboxylic acids is 1. The van der Waals surface area contributed by atoms with Gasteiger partial charge in [0.2, 0.25) is 5.91 Å². The van der Waals surface area contributed by atoms with Crippen molar-refractivity contribution in [2.75, 3.05) is 17.2 Å². The molecule has 0 atom stereocenters. The van der Waals surface area contributed by atoms with Gasteiger partial charge in [-0.1, -0.05) is 48.2 Å². The van der Waals surface area contributed by atoms with Crippen molar-refractivity contribution in [2.45, 2.75) is 12.1 Å². The number of benzene rings is 2. The minimum atomic E-state index is -0.000868. The van der Waals surface area contributed by atoms with E-state index in [1.54, 1.807) is 4.90 Å². The van der Waals surface area contributed by atoms with E-state index >= 15 is 0 Å². The molecule has 136 valence electrons. The number of rotatable bonds is 6. The molecule has 0 saturated heterocycles. The van der Waals surface area contributed by atoms with Crippen LogP contribution in [0, 0.1) is 0 Å². The lowest BCUT2D eigenvalue weighted by molar-refractivity contribution is -0.116. The van der Waals surface area contributed by atoms with Gasteiger partial charge in [-0.3, -0.25) is 4.79 Å². The Labute approximate surface area is 160 Å². The molecule has 1 N–H and O–H groups in total. The van der Waals surface area contributed by atoms with E-state index in [1.165, 1.54) is 11.8 Å². The second-order valence-corrected chi connectivity index (χ2v) is 6.83. The number of hydrogen-bond donors (Lipinski definition) is 1. The van der Waals surface area contributed by atoms with E-state index in [0.717, 1.165) is 22.3 Å². The third kappa shape index (κ3) is 3.73. The smallest absolute Gasteiger partial charge is 0.277 e.